The summed E-state index contributed by atoms with van der Waals surface area (Å²) in [5.74, 6) is 0.323. The monoisotopic (exact) mass is 143 g/mol. The first-order chi connectivity index (χ1) is 5.36. The van der Waals surface area contributed by atoms with Gasteiger partial charge in [-0.25, -0.2) is 4.99 Å². The number of aliphatic imine (C=N–C) groups is 1. The van der Waals surface area contributed by atoms with E-state index in [9.17, 15) is 0 Å². The van der Waals surface area contributed by atoms with Crippen molar-refractivity contribution in [1.29, 1.82) is 5.41 Å². The lowest BCUT2D eigenvalue weighted by Gasteiger charge is -1.99. The predicted molar refractivity (Wildman–Crippen MR) is 45.2 cm³/mol. The number of rotatable bonds is 0. The van der Waals surface area contributed by atoms with E-state index >= 15 is 0 Å². The summed E-state index contributed by atoms with van der Waals surface area (Å²) in [5.41, 5.74) is 2.16. The first kappa shape index (κ1) is 6.16. The van der Waals surface area contributed by atoms with E-state index in [1.807, 2.05) is 24.3 Å². The van der Waals surface area contributed by atoms with Crippen LogP contribution in [0, 0.1) is 11.8 Å². The normalized spacial score (nSPS) is 14.0. The highest BCUT2D eigenvalue weighted by atomic mass is 14.8. The van der Waals surface area contributed by atoms with Crippen molar-refractivity contribution >= 4 is 12.1 Å². The maximum atomic E-state index is 7.27. The van der Waals surface area contributed by atoms with Gasteiger partial charge in [0.15, 0.2) is 0 Å². The van der Waals surface area contributed by atoms with Gasteiger partial charge in [-0.05, 0) is 12.1 Å². The SMILES string of the molecule is N=C1[CH+]c2ccccc2C=N1. The predicted octanol–water partition coefficient (Wildman–Crippen LogP) is 1.65. The van der Waals surface area contributed by atoms with E-state index in [-0.39, 0.29) is 0 Å². The molecular formula is C9H7N2+. The Morgan fingerprint density at radius 3 is 3.00 bits per heavy atom. The van der Waals surface area contributed by atoms with Crippen molar-refractivity contribution in [3.63, 3.8) is 0 Å². The number of hydrogen-bond acceptors (Lipinski definition) is 1. The van der Waals surface area contributed by atoms with Crippen molar-refractivity contribution in [2.45, 2.75) is 0 Å². The van der Waals surface area contributed by atoms with Crippen LogP contribution < -0.4 is 0 Å². The van der Waals surface area contributed by atoms with E-state index in [0.717, 1.165) is 11.1 Å². The van der Waals surface area contributed by atoms with E-state index in [0.29, 0.717) is 5.84 Å². The maximum absolute atomic E-state index is 7.27. The van der Waals surface area contributed by atoms with Crippen LogP contribution in [0.1, 0.15) is 11.1 Å². The largest absolute Gasteiger partial charge is 0.270 e. The molecule has 1 aromatic carbocycles. The van der Waals surface area contributed by atoms with Gasteiger partial charge in [0.25, 0.3) is 0 Å². The second-order valence-electron chi connectivity index (χ2n) is 2.42. The smallest absolute Gasteiger partial charge is 0.205 e. The zero-order valence-electron chi connectivity index (χ0n) is 5.91. The van der Waals surface area contributed by atoms with Gasteiger partial charge in [-0.1, -0.05) is 0 Å². The van der Waals surface area contributed by atoms with Gasteiger partial charge in [-0.15, -0.1) is 0 Å². The topological polar surface area (TPSA) is 36.2 Å². The van der Waals surface area contributed by atoms with Crippen LogP contribution in [0.15, 0.2) is 29.3 Å². The Morgan fingerprint density at radius 2 is 2.09 bits per heavy atom. The van der Waals surface area contributed by atoms with Gasteiger partial charge >= 0.3 is 0 Å². The minimum Gasteiger partial charge on any atom is -0.270 e. The Bertz CT molecular complexity index is 326. The summed E-state index contributed by atoms with van der Waals surface area (Å²) in [4.78, 5) is 3.87. The number of benzene rings is 1. The second kappa shape index (κ2) is 2.23. The molecule has 0 saturated heterocycles. The van der Waals surface area contributed by atoms with Crippen LogP contribution >= 0.6 is 0 Å². The van der Waals surface area contributed by atoms with Gasteiger partial charge in [0.2, 0.25) is 5.84 Å². The van der Waals surface area contributed by atoms with Gasteiger partial charge in [0.1, 0.15) is 11.1 Å². The van der Waals surface area contributed by atoms with Crippen molar-refractivity contribution in [1.82, 2.24) is 0 Å². The molecule has 0 unspecified atom stereocenters. The number of hydrogen-bond donors (Lipinski definition) is 1. The molecular weight excluding hydrogens is 136 g/mol. The van der Waals surface area contributed by atoms with Gasteiger partial charge < -0.3 is 0 Å². The molecule has 1 heterocycles. The molecule has 0 aromatic heterocycles. The summed E-state index contributed by atoms with van der Waals surface area (Å²) in [5, 5.41) is 7.27. The van der Waals surface area contributed by atoms with Crippen molar-refractivity contribution in [3.8, 4) is 0 Å². The molecule has 0 amide bonds. The average Bonchev–Trinajstić information content (AvgIpc) is 2.04. The molecule has 0 spiro atoms. The van der Waals surface area contributed by atoms with Crippen LogP contribution in [0.4, 0.5) is 0 Å². The molecule has 1 aliphatic rings. The lowest BCUT2D eigenvalue weighted by molar-refractivity contribution is 1.37. The van der Waals surface area contributed by atoms with E-state index in [1.165, 1.54) is 0 Å². The van der Waals surface area contributed by atoms with E-state index in [4.69, 9.17) is 5.41 Å². The summed E-state index contributed by atoms with van der Waals surface area (Å²) in [6.07, 6.45) is 3.48. The third kappa shape index (κ3) is 1.03. The summed E-state index contributed by atoms with van der Waals surface area (Å²) in [7, 11) is 0. The third-order valence-corrected chi connectivity index (χ3v) is 1.63. The van der Waals surface area contributed by atoms with Crippen molar-refractivity contribution in [2.24, 2.45) is 4.99 Å². The summed E-state index contributed by atoms with van der Waals surface area (Å²) >= 11 is 0. The highest BCUT2D eigenvalue weighted by molar-refractivity contribution is 6.05. The van der Waals surface area contributed by atoms with Crippen LogP contribution in [0.25, 0.3) is 0 Å². The average molecular weight is 143 g/mol. The highest BCUT2D eigenvalue weighted by Crippen LogP contribution is 2.13. The molecule has 0 saturated carbocycles. The standard InChI is InChI=1S/C9H7N2/c10-9-5-7-3-1-2-4-8(7)6-11-9/h1-6,10H/q+1. The van der Waals surface area contributed by atoms with Crippen LogP contribution in [0.5, 0.6) is 0 Å². The molecule has 2 nitrogen and oxygen atoms in total. The number of nitrogens with zero attached hydrogens (tertiary/aromatic N) is 1. The van der Waals surface area contributed by atoms with Crippen LogP contribution in [0.2, 0.25) is 0 Å². The lowest BCUT2D eigenvalue weighted by atomic mass is 10.0. The Labute approximate surface area is 65.1 Å². The lowest BCUT2D eigenvalue weighted by Crippen LogP contribution is -2.04. The molecule has 2 heteroatoms. The second-order valence-corrected chi connectivity index (χ2v) is 2.42. The number of nitrogens with one attached hydrogen (secondary N) is 1. The first-order valence-electron chi connectivity index (χ1n) is 3.43. The van der Waals surface area contributed by atoms with Gasteiger partial charge in [-0.2, -0.15) is 0 Å². The highest BCUT2D eigenvalue weighted by Gasteiger charge is 2.15. The van der Waals surface area contributed by atoms with Crippen molar-refractivity contribution < 1.29 is 0 Å². The molecule has 0 atom stereocenters. The van der Waals surface area contributed by atoms with Crippen LogP contribution in [-0.4, -0.2) is 12.1 Å². The quantitative estimate of drug-likeness (QED) is 0.536. The number of fused-ring (bicyclic) bond motifs is 1. The Hall–Kier alpha value is -1.57. The zero-order valence-corrected chi connectivity index (χ0v) is 5.91. The van der Waals surface area contributed by atoms with Crippen molar-refractivity contribution in [2.75, 3.05) is 0 Å². The first-order valence-corrected chi connectivity index (χ1v) is 3.43. The summed E-state index contributed by atoms with van der Waals surface area (Å²) in [6.45, 7) is 0. The zero-order chi connectivity index (χ0) is 7.68. The molecule has 1 N–H and O–H groups in total. The fourth-order valence-corrected chi connectivity index (χ4v) is 1.08. The van der Waals surface area contributed by atoms with E-state index in [1.54, 1.807) is 12.6 Å². The third-order valence-electron chi connectivity index (χ3n) is 1.63. The van der Waals surface area contributed by atoms with E-state index < -0.39 is 0 Å². The van der Waals surface area contributed by atoms with Gasteiger partial charge in [0.05, 0.1) is 12.6 Å². The molecule has 52 valence electrons. The Balaban J connectivity index is 2.54. The molecule has 0 aliphatic carbocycles. The molecule has 11 heavy (non-hydrogen) atoms. The molecule has 0 radical (unpaired) electrons. The summed E-state index contributed by atoms with van der Waals surface area (Å²) in [6, 6.07) is 7.90. The fourth-order valence-electron chi connectivity index (χ4n) is 1.08. The maximum Gasteiger partial charge on any atom is 0.205 e. The molecule has 1 aliphatic heterocycles. The summed E-state index contributed by atoms with van der Waals surface area (Å²) < 4.78 is 0. The van der Waals surface area contributed by atoms with Crippen molar-refractivity contribution in [3.05, 3.63) is 41.8 Å². The Kier molecular flexibility index (Phi) is 1.25. The van der Waals surface area contributed by atoms with Crippen LogP contribution in [-0.2, 0) is 0 Å². The van der Waals surface area contributed by atoms with Gasteiger partial charge in [0, 0.05) is 12.1 Å². The fraction of sp³-hybridized carbons (Fsp3) is 0. The molecule has 1 aromatic rings. The molecule has 0 bridgehead atoms. The van der Waals surface area contributed by atoms with Gasteiger partial charge in [-0.3, -0.25) is 5.41 Å². The van der Waals surface area contributed by atoms with Crippen LogP contribution in [0.3, 0.4) is 0 Å². The Morgan fingerprint density at radius 1 is 1.27 bits per heavy atom. The number of amidine groups is 1. The minimum atomic E-state index is 0.323. The molecule has 0 fully saturated rings. The molecule has 2 rings (SSSR count). The minimum absolute atomic E-state index is 0.323. The van der Waals surface area contributed by atoms with E-state index in [2.05, 4.69) is 4.99 Å².